The monoisotopic (exact) mass is 501 g/mol. The number of hydrogen-bond acceptors (Lipinski definition) is 4. The van der Waals surface area contributed by atoms with Crippen molar-refractivity contribution in [1.29, 1.82) is 0 Å². The fourth-order valence-corrected chi connectivity index (χ4v) is 3.81. The molecule has 0 spiro atoms. The minimum absolute atomic E-state index is 0. The zero-order valence-corrected chi connectivity index (χ0v) is 19.0. The highest BCUT2D eigenvalue weighted by atomic mass is 79.9. The van der Waals surface area contributed by atoms with Gasteiger partial charge in [0.15, 0.2) is 4.90 Å². The van der Waals surface area contributed by atoms with E-state index in [4.69, 9.17) is 0 Å². The van der Waals surface area contributed by atoms with Crippen LogP contribution in [0.5, 0.6) is 0 Å². The van der Waals surface area contributed by atoms with Crippen LogP contribution in [0.15, 0.2) is 76.4 Å². The number of aromatic nitrogens is 1. The van der Waals surface area contributed by atoms with E-state index in [2.05, 4.69) is 55.2 Å². The Balaban J connectivity index is 0.00000196. The standard InChI is InChI=1S/C20H20BrN3OS.2ClH/c21-18-8-6-16(7-9-18)3-2-11-22-13-14-24-26(25)20-5-1-4-17-15-23-12-10-19(17)20;;/h1-10,12,15,22,24H,11,13-14H2;2*1H. The first-order chi connectivity index (χ1) is 12.7. The van der Waals surface area contributed by atoms with Crippen LogP contribution in [0.4, 0.5) is 0 Å². The van der Waals surface area contributed by atoms with Crippen molar-refractivity contribution in [3.63, 3.8) is 0 Å². The summed E-state index contributed by atoms with van der Waals surface area (Å²) in [4.78, 5) is 4.90. The first-order valence-electron chi connectivity index (χ1n) is 8.35. The highest BCUT2D eigenvalue weighted by molar-refractivity contribution is 9.10. The Morgan fingerprint density at radius 1 is 1.04 bits per heavy atom. The molecule has 0 aliphatic heterocycles. The molecular formula is C20H22BrCl2N3OS. The third kappa shape index (κ3) is 7.37. The van der Waals surface area contributed by atoms with Crippen LogP contribution in [0.1, 0.15) is 5.56 Å². The zero-order valence-electron chi connectivity index (χ0n) is 15.0. The van der Waals surface area contributed by atoms with Gasteiger partial charge in [-0.05, 0) is 29.8 Å². The lowest BCUT2D eigenvalue weighted by molar-refractivity contribution is 0.578. The molecule has 1 aromatic heterocycles. The van der Waals surface area contributed by atoms with Crippen molar-refractivity contribution in [3.05, 3.63) is 77.0 Å². The van der Waals surface area contributed by atoms with Crippen molar-refractivity contribution < 1.29 is 4.55 Å². The Kier molecular flexibility index (Phi) is 11.7. The predicted octanol–water partition coefficient (Wildman–Crippen LogP) is 4.76. The van der Waals surface area contributed by atoms with E-state index < -0.39 is 11.4 Å². The molecule has 150 valence electrons. The van der Waals surface area contributed by atoms with Gasteiger partial charge in [0.1, 0.15) is 0 Å². The lowest BCUT2D eigenvalue weighted by atomic mass is 10.2. The molecule has 0 bridgehead atoms. The first-order valence-corrected chi connectivity index (χ1v) is 10.3. The summed E-state index contributed by atoms with van der Waals surface area (Å²) < 4.78 is 16.6. The summed E-state index contributed by atoms with van der Waals surface area (Å²) >= 11 is 2.19. The molecule has 2 aromatic carbocycles. The fraction of sp³-hybridized carbons (Fsp3) is 0.150. The number of hydrogen-bond donors (Lipinski definition) is 2. The topological polar surface area (TPSA) is 60.0 Å². The number of benzene rings is 2. The quantitative estimate of drug-likeness (QED) is 0.344. The van der Waals surface area contributed by atoms with Crippen LogP contribution in [0, 0.1) is 0 Å². The summed E-state index contributed by atoms with van der Waals surface area (Å²) in [7, 11) is 0. The van der Waals surface area contributed by atoms with Gasteiger partial charge in [-0.1, -0.05) is 52.3 Å². The molecule has 8 heteroatoms. The van der Waals surface area contributed by atoms with E-state index in [1.165, 1.54) is 5.56 Å². The van der Waals surface area contributed by atoms with Gasteiger partial charge in [0.05, 0.1) is 17.9 Å². The molecule has 3 rings (SSSR count). The number of nitrogens with zero attached hydrogens (tertiary/aromatic N) is 1. The average molecular weight is 503 g/mol. The van der Waals surface area contributed by atoms with Crippen LogP contribution in [0.25, 0.3) is 16.8 Å². The van der Waals surface area contributed by atoms with E-state index in [0.717, 1.165) is 33.2 Å². The second-order valence-electron chi connectivity index (χ2n) is 5.67. The van der Waals surface area contributed by atoms with Crippen molar-refractivity contribution in [1.82, 2.24) is 15.0 Å². The molecule has 1 heterocycles. The highest BCUT2D eigenvalue weighted by Crippen LogP contribution is 2.21. The SMILES string of the molecule is Cl.Cl.[O-][S+](NCCNCC=Cc1ccc(Br)cc1)c1cccc2cnccc12. The van der Waals surface area contributed by atoms with Gasteiger partial charge in [0.2, 0.25) is 0 Å². The Labute approximate surface area is 189 Å². The molecule has 1 unspecified atom stereocenters. The minimum Gasteiger partial charge on any atom is -0.593 e. The molecule has 28 heavy (non-hydrogen) atoms. The van der Waals surface area contributed by atoms with Gasteiger partial charge in [0, 0.05) is 40.7 Å². The van der Waals surface area contributed by atoms with E-state index in [0.29, 0.717) is 6.54 Å². The van der Waals surface area contributed by atoms with Crippen molar-refractivity contribution in [2.45, 2.75) is 4.90 Å². The second kappa shape index (κ2) is 13.2. The maximum atomic E-state index is 12.5. The van der Waals surface area contributed by atoms with Crippen LogP contribution in [0.2, 0.25) is 0 Å². The van der Waals surface area contributed by atoms with E-state index >= 15 is 0 Å². The van der Waals surface area contributed by atoms with Gasteiger partial charge in [-0.3, -0.25) is 4.98 Å². The normalized spacial score (nSPS) is 11.8. The van der Waals surface area contributed by atoms with E-state index in [9.17, 15) is 4.55 Å². The van der Waals surface area contributed by atoms with Gasteiger partial charge in [-0.25, -0.2) is 0 Å². The van der Waals surface area contributed by atoms with E-state index in [1.54, 1.807) is 12.4 Å². The molecule has 0 aliphatic carbocycles. The summed E-state index contributed by atoms with van der Waals surface area (Å²) in [6, 6.07) is 15.8. The van der Waals surface area contributed by atoms with Crippen LogP contribution < -0.4 is 10.0 Å². The maximum Gasteiger partial charge on any atom is 0.181 e. The van der Waals surface area contributed by atoms with Gasteiger partial charge < -0.3 is 9.87 Å². The molecular weight excluding hydrogens is 481 g/mol. The van der Waals surface area contributed by atoms with Gasteiger partial charge in [0.25, 0.3) is 0 Å². The summed E-state index contributed by atoms with van der Waals surface area (Å²) in [5.74, 6) is 0. The fourth-order valence-electron chi connectivity index (χ4n) is 2.52. The lowest BCUT2D eigenvalue weighted by Crippen LogP contribution is -2.32. The number of fused-ring (bicyclic) bond motifs is 1. The Bertz CT molecular complexity index is 875. The first kappa shape index (κ1) is 24.9. The smallest absolute Gasteiger partial charge is 0.181 e. The van der Waals surface area contributed by atoms with Crippen LogP contribution >= 0.6 is 40.7 Å². The average Bonchev–Trinajstić information content (AvgIpc) is 2.68. The van der Waals surface area contributed by atoms with Crippen LogP contribution in [0.3, 0.4) is 0 Å². The number of halogens is 3. The molecule has 0 radical (unpaired) electrons. The summed E-state index contributed by atoms with van der Waals surface area (Å²) in [5.41, 5.74) is 1.17. The van der Waals surface area contributed by atoms with E-state index in [-0.39, 0.29) is 24.8 Å². The Morgan fingerprint density at radius 3 is 2.61 bits per heavy atom. The number of pyridine rings is 1. The summed E-state index contributed by atoms with van der Waals surface area (Å²) in [6.45, 7) is 2.13. The van der Waals surface area contributed by atoms with Gasteiger partial charge in [-0.15, -0.1) is 29.5 Å². The van der Waals surface area contributed by atoms with Gasteiger partial charge in [-0.2, -0.15) is 0 Å². The number of nitrogens with one attached hydrogen (secondary N) is 2. The highest BCUT2D eigenvalue weighted by Gasteiger charge is 2.14. The molecule has 1 atom stereocenters. The summed E-state index contributed by atoms with van der Waals surface area (Å²) in [5, 5.41) is 5.28. The predicted molar refractivity (Wildman–Crippen MR) is 127 cm³/mol. The molecule has 2 N–H and O–H groups in total. The van der Waals surface area contributed by atoms with Crippen molar-refractivity contribution in [3.8, 4) is 0 Å². The van der Waals surface area contributed by atoms with E-state index in [1.807, 2.05) is 36.4 Å². The number of rotatable bonds is 8. The maximum absolute atomic E-state index is 12.5. The Hall–Kier alpha value is -1.12. The van der Waals surface area contributed by atoms with Crippen LogP contribution in [-0.2, 0) is 11.4 Å². The lowest BCUT2D eigenvalue weighted by Gasteiger charge is -2.12. The second-order valence-corrected chi connectivity index (χ2v) is 7.86. The third-order valence-corrected chi connectivity index (χ3v) is 5.57. The Morgan fingerprint density at radius 2 is 1.82 bits per heavy atom. The molecule has 3 aromatic rings. The zero-order chi connectivity index (χ0) is 18.2. The van der Waals surface area contributed by atoms with Crippen LogP contribution in [-0.4, -0.2) is 29.2 Å². The molecule has 0 aliphatic rings. The van der Waals surface area contributed by atoms with Crippen molar-refractivity contribution >= 4 is 69.0 Å². The summed E-state index contributed by atoms with van der Waals surface area (Å²) in [6.07, 6.45) is 7.67. The van der Waals surface area contributed by atoms with Crippen molar-refractivity contribution in [2.75, 3.05) is 19.6 Å². The molecule has 4 nitrogen and oxygen atoms in total. The molecule has 0 fully saturated rings. The minimum atomic E-state index is -1.24. The molecule has 0 saturated carbocycles. The molecule has 0 saturated heterocycles. The third-order valence-electron chi connectivity index (χ3n) is 3.82. The largest absolute Gasteiger partial charge is 0.593 e. The van der Waals surface area contributed by atoms with Crippen molar-refractivity contribution in [2.24, 2.45) is 0 Å². The van der Waals surface area contributed by atoms with Gasteiger partial charge >= 0.3 is 0 Å². The molecule has 0 amide bonds.